The molecule has 23 heavy (non-hydrogen) atoms. The van der Waals surface area contributed by atoms with E-state index in [4.69, 9.17) is 0 Å². The lowest BCUT2D eigenvalue weighted by molar-refractivity contribution is -0.106. The van der Waals surface area contributed by atoms with Gasteiger partial charge in [-0.1, -0.05) is 6.42 Å². The van der Waals surface area contributed by atoms with Crippen molar-refractivity contribution in [3.8, 4) is 5.75 Å². The maximum Gasteiger partial charge on any atom is 0.301 e. The minimum Gasteiger partial charge on any atom is -0.301 e. The number of halogens is 2. The van der Waals surface area contributed by atoms with Gasteiger partial charge in [-0.3, -0.25) is 4.94 Å². The summed E-state index contributed by atoms with van der Waals surface area (Å²) in [5, 5.41) is 0. The van der Waals surface area contributed by atoms with Gasteiger partial charge >= 0.3 is 10.2 Å². The number of hydrogen-bond acceptors (Lipinski definition) is 4. The zero-order valence-electron chi connectivity index (χ0n) is 12.6. The van der Waals surface area contributed by atoms with Crippen LogP contribution in [0.15, 0.2) is 6.07 Å². The van der Waals surface area contributed by atoms with Crippen molar-refractivity contribution in [3.63, 3.8) is 0 Å². The predicted molar refractivity (Wildman–Crippen MR) is 80.8 cm³/mol. The summed E-state index contributed by atoms with van der Waals surface area (Å²) in [5.41, 5.74) is 0.361. The first-order chi connectivity index (χ1) is 11.0. The Bertz CT molecular complexity index is 695. The van der Waals surface area contributed by atoms with Crippen molar-refractivity contribution in [3.05, 3.63) is 23.0 Å². The molecule has 6 nitrogen and oxygen atoms in total. The van der Waals surface area contributed by atoms with Crippen LogP contribution in [-0.2, 0) is 27.8 Å². The van der Waals surface area contributed by atoms with E-state index < -0.39 is 34.0 Å². The van der Waals surface area contributed by atoms with Crippen molar-refractivity contribution in [1.82, 2.24) is 4.72 Å². The largest absolute Gasteiger partial charge is 0.301 e. The fourth-order valence-corrected chi connectivity index (χ4v) is 3.66. The average molecular weight is 348 g/mol. The SMILES string of the molecule is CNS(=O)(=O)N(CC=O)c1c(OF)cc2c(c1F)CCCCC2. The number of aldehydes is 1. The van der Waals surface area contributed by atoms with Gasteiger partial charge in [-0.05, 0) is 42.9 Å². The number of anilines is 1. The molecule has 1 aromatic rings. The maximum absolute atomic E-state index is 14.9. The fraction of sp³-hybridized carbons (Fsp3) is 0.500. The first-order valence-electron chi connectivity index (χ1n) is 7.24. The molecule has 0 heterocycles. The van der Waals surface area contributed by atoms with Gasteiger partial charge < -0.3 is 4.79 Å². The van der Waals surface area contributed by atoms with E-state index >= 15 is 0 Å². The van der Waals surface area contributed by atoms with Crippen LogP contribution in [0.1, 0.15) is 30.4 Å². The molecule has 0 spiro atoms. The molecule has 128 valence electrons. The van der Waals surface area contributed by atoms with E-state index in [9.17, 15) is 22.1 Å². The van der Waals surface area contributed by atoms with Crippen molar-refractivity contribution in [1.29, 1.82) is 0 Å². The number of carbonyl (C=O) groups is 1. The minimum atomic E-state index is -4.20. The molecule has 0 aliphatic heterocycles. The van der Waals surface area contributed by atoms with E-state index in [0.717, 1.165) is 26.3 Å². The zero-order valence-corrected chi connectivity index (χ0v) is 13.5. The molecule has 1 aliphatic carbocycles. The molecule has 0 saturated carbocycles. The second kappa shape index (κ2) is 7.22. The Kier molecular flexibility index (Phi) is 5.53. The van der Waals surface area contributed by atoms with Crippen molar-refractivity contribution in [2.45, 2.75) is 32.1 Å². The van der Waals surface area contributed by atoms with Gasteiger partial charge in [0.25, 0.3) is 0 Å². The average Bonchev–Trinajstić information content (AvgIpc) is 2.78. The van der Waals surface area contributed by atoms with Gasteiger partial charge in [-0.25, -0.2) is 13.4 Å². The zero-order chi connectivity index (χ0) is 17.0. The first-order valence-corrected chi connectivity index (χ1v) is 8.68. The Morgan fingerprint density at radius 2 is 2.04 bits per heavy atom. The molecular formula is C14H18F2N2O4S. The quantitative estimate of drug-likeness (QED) is 0.629. The summed E-state index contributed by atoms with van der Waals surface area (Å²) < 4.78 is 54.4. The Hall–Kier alpha value is -1.74. The van der Waals surface area contributed by atoms with Crippen molar-refractivity contribution < 1.29 is 27.1 Å². The first kappa shape index (κ1) is 17.6. The molecule has 0 fully saturated rings. The molecule has 9 heteroatoms. The van der Waals surface area contributed by atoms with Gasteiger partial charge in [0.05, 0.1) is 6.54 Å². The normalized spacial score (nSPS) is 14.7. The van der Waals surface area contributed by atoms with Gasteiger partial charge in [-0.15, -0.1) is 0 Å². The summed E-state index contributed by atoms with van der Waals surface area (Å²) in [6, 6.07) is 1.31. The lowest BCUT2D eigenvalue weighted by Gasteiger charge is -2.24. The molecule has 0 atom stereocenters. The van der Waals surface area contributed by atoms with Crippen LogP contribution in [-0.4, -0.2) is 28.3 Å². The van der Waals surface area contributed by atoms with Crippen LogP contribution < -0.4 is 14.0 Å². The highest BCUT2D eigenvalue weighted by atomic mass is 32.2. The van der Waals surface area contributed by atoms with Crippen LogP contribution in [0.4, 0.5) is 14.6 Å². The molecule has 0 unspecified atom stereocenters. The molecule has 0 saturated heterocycles. The number of rotatable bonds is 6. The summed E-state index contributed by atoms with van der Waals surface area (Å²) in [5.74, 6) is -1.42. The second-order valence-electron chi connectivity index (χ2n) is 5.22. The number of hydrogen-bond donors (Lipinski definition) is 1. The number of nitrogens with zero attached hydrogens (tertiary/aromatic N) is 1. The smallest absolute Gasteiger partial charge is 0.301 e. The van der Waals surface area contributed by atoms with Gasteiger partial charge in [0, 0.05) is 11.6 Å². The van der Waals surface area contributed by atoms with Gasteiger partial charge in [0.2, 0.25) is 0 Å². The van der Waals surface area contributed by atoms with Gasteiger partial charge in [-0.2, -0.15) is 8.42 Å². The van der Waals surface area contributed by atoms with Crippen LogP contribution in [0.3, 0.4) is 0 Å². The van der Waals surface area contributed by atoms with Crippen LogP contribution in [0.5, 0.6) is 5.75 Å². The van der Waals surface area contributed by atoms with Gasteiger partial charge in [0.1, 0.15) is 12.0 Å². The Labute approximate surface area is 133 Å². The number of fused-ring (bicyclic) bond motifs is 1. The van der Waals surface area contributed by atoms with E-state index in [2.05, 4.69) is 4.94 Å². The van der Waals surface area contributed by atoms with E-state index in [1.807, 2.05) is 4.72 Å². The van der Waals surface area contributed by atoms with Crippen LogP contribution >= 0.6 is 0 Å². The summed E-state index contributed by atoms with van der Waals surface area (Å²) in [4.78, 5) is 14.5. The number of benzene rings is 1. The Morgan fingerprint density at radius 1 is 1.35 bits per heavy atom. The molecule has 2 rings (SSSR count). The Balaban J connectivity index is 2.68. The van der Waals surface area contributed by atoms with Crippen molar-refractivity contribution >= 4 is 22.2 Å². The highest BCUT2D eigenvalue weighted by Crippen LogP contribution is 2.39. The topological polar surface area (TPSA) is 75.7 Å². The fourth-order valence-electron chi connectivity index (χ4n) is 2.77. The van der Waals surface area contributed by atoms with Crippen molar-refractivity contribution in [2.24, 2.45) is 0 Å². The van der Waals surface area contributed by atoms with E-state index in [1.165, 1.54) is 6.07 Å². The van der Waals surface area contributed by atoms with Crippen LogP contribution in [0.2, 0.25) is 0 Å². The number of nitrogens with one attached hydrogen (secondary N) is 1. The molecular weight excluding hydrogens is 330 g/mol. The maximum atomic E-state index is 14.9. The molecule has 1 aliphatic rings. The molecule has 0 radical (unpaired) electrons. The lowest BCUT2D eigenvalue weighted by atomic mass is 10.0. The molecule has 1 N–H and O–H groups in total. The van der Waals surface area contributed by atoms with Crippen molar-refractivity contribution in [2.75, 3.05) is 17.9 Å². The summed E-state index contributed by atoms with van der Waals surface area (Å²) in [7, 11) is -3.09. The molecule has 0 aromatic heterocycles. The monoisotopic (exact) mass is 348 g/mol. The summed E-state index contributed by atoms with van der Waals surface area (Å²) in [6.45, 7) is -0.658. The summed E-state index contributed by atoms with van der Waals surface area (Å²) in [6.07, 6.45) is 3.78. The third kappa shape index (κ3) is 3.45. The standard InChI is InChI=1S/C14H18F2N2O4S/c1-17-23(20,21)18(7-8-19)14-12(22-16)9-10-5-3-2-4-6-11(10)13(14)15/h8-9,17H,2-7H2,1H3. The number of aryl methyl sites for hydroxylation is 1. The van der Waals surface area contributed by atoms with E-state index in [1.54, 1.807) is 0 Å². The Morgan fingerprint density at radius 3 is 2.65 bits per heavy atom. The van der Waals surface area contributed by atoms with Crippen LogP contribution in [0, 0.1) is 5.82 Å². The molecule has 0 bridgehead atoms. The number of carbonyl (C=O) groups excluding carboxylic acids is 1. The minimum absolute atomic E-state index is 0.294. The molecule has 1 aromatic carbocycles. The van der Waals surface area contributed by atoms with Crippen LogP contribution in [0.25, 0.3) is 0 Å². The molecule has 0 amide bonds. The summed E-state index contributed by atoms with van der Waals surface area (Å²) >= 11 is 0. The predicted octanol–water partition coefficient (Wildman–Crippen LogP) is 1.83. The third-order valence-corrected chi connectivity index (χ3v) is 5.32. The third-order valence-electron chi connectivity index (χ3n) is 3.89. The van der Waals surface area contributed by atoms with E-state index in [-0.39, 0.29) is 0 Å². The van der Waals surface area contributed by atoms with Gasteiger partial charge in [0.15, 0.2) is 11.6 Å². The van der Waals surface area contributed by atoms with E-state index in [0.29, 0.717) is 34.6 Å². The lowest BCUT2D eigenvalue weighted by Crippen LogP contribution is -2.41. The second-order valence-corrected chi connectivity index (χ2v) is 7.02. The highest BCUT2D eigenvalue weighted by molar-refractivity contribution is 7.90. The highest BCUT2D eigenvalue weighted by Gasteiger charge is 2.31.